The molecule has 132 valence electrons. The lowest BCUT2D eigenvalue weighted by Crippen LogP contribution is -2.28. The van der Waals surface area contributed by atoms with Crippen LogP contribution in [0.4, 0.5) is 5.82 Å². The van der Waals surface area contributed by atoms with Gasteiger partial charge in [-0.1, -0.05) is 5.16 Å². The number of pyridine rings is 1. The molecule has 1 fully saturated rings. The monoisotopic (exact) mass is 343 g/mol. The number of aliphatic hydroxyl groups excluding tert-OH is 1. The predicted octanol–water partition coefficient (Wildman–Crippen LogP) is 3.18. The van der Waals surface area contributed by atoms with Crippen molar-refractivity contribution in [2.45, 2.75) is 39.3 Å². The molecule has 25 heavy (non-hydrogen) atoms. The Balaban J connectivity index is 1.82. The summed E-state index contributed by atoms with van der Waals surface area (Å²) in [5, 5.41) is 17.8. The number of ether oxygens (including phenoxy) is 1. The van der Waals surface area contributed by atoms with Crippen LogP contribution in [0, 0.1) is 13.8 Å². The minimum atomic E-state index is -0.147. The molecule has 4 heterocycles. The summed E-state index contributed by atoms with van der Waals surface area (Å²) in [7, 11) is 0. The molecule has 7 heteroatoms. The van der Waals surface area contributed by atoms with Crippen molar-refractivity contribution in [3.8, 4) is 11.3 Å². The number of aromatic nitrogens is 2. The van der Waals surface area contributed by atoms with Gasteiger partial charge in [0.15, 0.2) is 11.4 Å². The van der Waals surface area contributed by atoms with Crippen LogP contribution in [0.15, 0.2) is 21.1 Å². The second kappa shape index (κ2) is 6.50. The van der Waals surface area contributed by atoms with E-state index in [1.165, 1.54) is 0 Å². The summed E-state index contributed by atoms with van der Waals surface area (Å²) in [5.41, 5.74) is 3.13. The number of rotatable bonds is 4. The number of aryl methyl sites for hydroxylation is 2. The lowest BCUT2D eigenvalue weighted by molar-refractivity contribution is 0.0904. The van der Waals surface area contributed by atoms with Crippen LogP contribution in [0.25, 0.3) is 22.2 Å². The standard InChI is InChI=1S/C18H21N3O4/c1-10-16(11(2)25-21-10)15-8-12-7-14(9-22)24-17(12)18(20-15)19-13-3-5-23-6-4-13/h7-8,13,22H,3-6,9H2,1-2H3,(H,19,20). The maximum Gasteiger partial charge on any atom is 0.176 e. The van der Waals surface area contributed by atoms with Crippen LogP contribution in [-0.4, -0.2) is 34.5 Å². The Morgan fingerprint density at radius 3 is 2.72 bits per heavy atom. The van der Waals surface area contributed by atoms with Gasteiger partial charge >= 0.3 is 0 Å². The molecule has 0 amide bonds. The zero-order valence-corrected chi connectivity index (χ0v) is 14.3. The minimum absolute atomic E-state index is 0.147. The summed E-state index contributed by atoms with van der Waals surface area (Å²) in [6, 6.07) is 4.07. The number of furan rings is 1. The van der Waals surface area contributed by atoms with Gasteiger partial charge in [-0.05, 0) is 38.8 Å². The van der Waals surface area contributed by atoms with Gasteiger partial charge in [-0.3, -0.25) is 0 Å². The first-order valence-electron chi connectivity index (χ1n) is 8.47. The molecule has 7 nitrogen and oxygen atoms in total. The highest BCUT2D eigenvalue weighted by Crippen LogP contribution is 2.33. The number of aliphatic hydroxyl groups is 1. The van der Waals surface area contributed by atoms with E-state index < -0.39 is 0 Å². The van der Waals surface area contributed by atoms with Crippen LogP contribution < -0.4 is 5.32 Å². The van der Waals surface area contributed by atoms with E-state index in [4.69, 9.17) is 18.7 Å². The molecule has 0 radical (unpaired) electrons. The van der Waals surface area contributed by atoms with E-state index in [1.807, 2.05) is 26.0 Å². The third-order valence-electron chi connectivity index (χ3n) is 4.56. The molecular formula is C18H21N3O4. The zero-order chi connectivity index (χ0) is 17.4. The average molecular weight is 343 g/mol. The van der Waals surface area contributed by atoms with Crippen molar-refractivity contribution in [2.24, 2.45) is 0 Å². The summed E-state index contributed by atoms with van der Waals surface area (Å²) in [6.45, 7) is 5.11. The Kier molecular flexibility index (Phi) is 4.19. The highest BCUT2D eigenvalue weighted by Gasteiger charge is 2.21. The molecule has 0 aromatic carbocycles. The van der Waals surface area contributed by atoms with Gasteiger partial charge in [0.2, 0.25) is 0 Å². The first-order valence-corrected chi connectivity index (χ1v) is 8.47. The van der Waals surface area contributed by atoms with Crippen molar-refractivity contribution in [1.82, 2.24) is 10.1 Å². The number of fused-ring (bicyclic) bond motifs is 1. The largest absolute Gasteiger partial charge is 0.455 e. The molecule has 3 aromatic heterocycles. The number of hydrogen-bond acceptors (Lipinski definition) is 7. The van der Waals surface area contributed by atoms with Crippen molar-refractivity contribution in [3.63, 3.8) is 0 Å². The molecule has 0 unspecified atom stereocenters. The molecule has 0 bridgehead atoms. The first-order chi connectivity index (χ1) is 12.2. The summed E-state index contributed by atoms with van der Waals surface area (Å²) in [4.78, 5) is 4.78. The number of hydrogen-bond donors (Lipinski definition) is 2. The van der Waals surface area contributed by atoms with E-state index in [1.54, 1.807) is 0 Å². The van der Waals surface area contributed by atoms with Gasteiger partial charge in [-0.25, -0.2) is 4.98 Å². The second-order valence-corrected chi connectivity index (χ2v) is 6.38. The Bertz CT molecular complexity index is 874. The molecule has 4 rings (SSSR count). The molecular weight excluding hydrogens is 322 g/mol. The Hall–Kier alpha value is -2.38. The Labute approximate surface area is 145 Å². The van der Waals surface area contributed by atoms with Gasteiger partial charge in [0.25, 0.3) is 0 Å². The molecule has 0 atom stereocenters. The molecule has 0 aliphatic carbocycles. The van der Waals surface area contributed by atoms with Crippen LogP contribution in [0.2, 0.25) is 0 Å². The van der Waals surface area contributed by atoms with Crippen LogP contribution in [0.1, 0.15) is 30.1 Å². The van der Waals surface area contributed by atoms with Crippen LogP contribution >= 0.6 is 0 Å². The molecule has 1 aliphatic heterocycles. The lowest BCUT2D eigenvalue weighted by atomic mass is 10.1. The minimum Gasteiger partial charge on any atom is -0.455 e. The molecule has 0 saturated carbocycles. The highest BCUT2D eigenvalue weighted by atomic mass is 16.5. The van der Waals surface area contributed by atoms with Crippen LogP contribution in [0.5, 0.6) is 0 Å². The molecule has 3 aromatic rings. The fourth-order valence-corrected chi connectivity index (χ4v) is 3.29. The summed E-state index contributed by atoms with van der Waals surface area (Å²) < 4.78 is 16.5. The number of anilines is 1. The topological polar surface area (TPSA) is 93.6 Å². The summed E-state index contributed by atoms with van der Waals surface area (Å²) in [5.74, 6) is 1.93. The van der Waals surface area contributed by atoms with Crippen molar-refractivity contribution in [3.05, 3.63) is 29.3 Å². The van der Waals surface area contributed by atoms with Crippen molar-refractivity contribution in [2.75, 3.05) is 18.5 Å². The van der Waals surface area contributed by atoms with E-state index >= 15 is 0 Å². The number of nitrogens with one attached hydrogen (secondary N) is 1. The second-order valence-electron chi connectivity index (χ2n) is 6.38. The van der Waals surface area contributed by atoms with E-state index in [0.29, 0.717) is 17.2 Å². The zero-order valence-electron chi connectivity index (χ0n) is 14.3. The fraction of sp³-hybridized carbons (Fsp3) is 0.444. The Morgan fingerprint density at radius 2 is 2.04 bits per heavy atom. The van der Waals surface area contributed by atoms with E-state index in [-0.39, 0.29) is 12.6 Å². The number of nitrogens with zero attached hydrogens (tertiary/aromatic N) is 2. The Morgan fingerprint density at radius 1 is 1.24 bits per heavy atom. The molecule has 0 spiro atoms. The third kappa shape index (κ3) is 3.01. The third-order valence-corrected chi connectivity index (χ3v) is 4.56. The van der Waals surface area contributed by atoms with Crippen molar-refractivity contribution in [1.29, 1.82) is 0 Å². The van der Waals surface area contributed by atoms with E-state index in [9.17, 15) is 5.11 Å². The smallest absolute Gasteiger partial charge is 0.176 e. The van der Waals surface area contributed by atoms with Gasteiger partial charge < -0.3 is 24.1 Å². The summed E-state index contributed by atoms with van der Waals surface area (Å²) in [6.07, 6.45) is 1.85. The van der Waals surface area contributed by atoms with Gasteiger partial charge in [-0.15, -0.1) is 0 Å². The average Bonchev–Trinajstić information content (AvgIpc) is 3.18. The van der Waals surface area contributed by atoms with E-state index in [2.05, 4.69) is 10.5 Å². The first kappa shape index (κ1) is 16.1. The van der Waals surface area contributed by atoms with Crippen LogP contribution in [-0.2, 0) is 11.3 Å². The van der Waals surface area contributed by atoms with Gasteiger partial charge in [0.05, 0.1) is 17.0 Å². The highest BCUT2D eigenvalue weighted by molar-refractivity contribution is 5.91. The van der Waals surface area contributed by atoms with Crippen molar-refractivity contribution >= 4 is 16.8 Å². The summed E-state index contributed by atoms with van der Waals surface area (Å²) >= 11 is 0. The van der Waals surface area contributed by atoms with Gasteiger partial charge in [-0.2, -0.15) is 0 Å². The lowest BCUT2D eigenvalue weighted by Gasteiger charge is -2.23. The van der Waals surface area contributed by atoms with Gasteiger partial charge in [0.1, 0.15) is 18.1 Å². The quantitative estimate of drug-likeness (QED) is 0.751. The molecule has 1 aliphatic rings. The normalized spacial score (nSPS) is 15.8. The van der Waals surface area contributed by atoms with Crippen molar-refractivity contribution < 1.29 is 18.8 Å². The van der Waals surface area contributed by atoms with Crippen LogP contribution in [0.3, 0.4) is 0 Å². The SMILES string of the molecule is Cc1noc(C)c1-c1cc2cc(CO)oc2c(NC2CCOCC2)n1. The predicted molar refractivity (Wildman–Crippen MR) is 92.4 cm³/mol. The van der Waals surface area contributed by atoms with E-state index in [0.717, 1.165) is 54.2 Å². The molecule has 1 saturated heterocycles. The van der Waals surface area contributed by atoms with Gasteiger partial charge in [0, 0.05) is 24.6 Å². The maximum atomic E-state index is 9.42. The fourth-order valence-electron chi connectivity index (χ4n) is 3.29. The molecule has 2 N–H and O–H groups in total. The maximum absolute atomic E-state index is 9.42.